The lowest BCUT2D eigenvalue weighted by Crippen LogP contribution is -2.33. The van der Waals surface area contributed by atoms with Gasteiger partial charge in [-0.25, -0.2) is 0 Å². The van der Waals surface area contributed by atoms with E-state index in [4.69, 9.17) is 23.2 Å². The molecule has 3 aromatic carbocycles. The molecule has 0 unspecified atom stereocenters. The van der Waals surface area contributed by atoms with E-state index in [0.717, 1.165) is 18.4 Å². The normalized spacial score (nSPS) is 14.3. The molecule has 5 rings (SSSR count). The number of nitrogens with zero attached hydrogens (tertiary/aromatic N) is 1. The molecule has 0 spiro atoms. The Balaban J connectivity index is 1.69. The molecule has 1 aliphatic carbocycles. The molecule has 1 N–H and O–H groups in total. The fourth-order valence-corrected chi connectivity index (χ4v) is 5.02. The predicted molar refractivity (Wildman–Crippen MR) is 134 cm³/mol. The van der Waals surface area contributed by atoms with Crippen molar-refractivity contribution >= 4 is 39.9 Å². The predicted octanol–water partition coefficient (Wildman–Crippen LogP) is 6.49. The van der Waals surface area contributed by atoms with Crippen molar-refractivity contribution in [1.82, 2.24) is 9.88 Å². The van der Waals surface area contributed by atoms with Crippen LogP contribution in [0.5, 0.6) is 0 Å². The average Bonchev–Trinajstić information content (AvgIpc) is 3.64. The molecule has 1 heterocycles. The first-order valence-electron chi connectivity index (χ1n) is 10.9. The fraction of sp³-hybridized carbons (Fsp3) is 0.185. The van der Waals surface area contributed by atoms with Crippen LogP contribution in [0.1, 0.15) is 40.5 Å². The zero-order valence-electron chi connectivity index (χ0n) is 18.0. The summed E-state index contributed by atoms with van der Waals surface area (Å²) in [4.78, 5) is 27.3. The summed E-state index contributed by atoms with van der Waals surface area (Å²) in [7, 11) is 0. The van der Waals surface area contributed by atoms with Crippen LogP contribution >= 0.6 is 23.2 Å². The molecule has 4 nitrogen and oxygen atoms in total. The summed E-state index contributed by atoms with van der Waals surface area (Å²) >= 11 is 13.0. The summed E-state index contributed by atoms with van der Waals surface area (Å²) in [6.45, 7) is 1.80. The molecule has 0 radical (unpaired) electrons. The molecule has 0 saturated heterocycles. The van der Waals surface area contributed by atoms with E-state index in [0.29, 0.717) is 43.7 Å². The van der Waals surface area contributed by atoms with Crippen LogP contribution in [0.15, 0.2) is 77.6 Å². The number of amides is 1. The van der Waals surface area contributed by atoms with Crippen molar-refractivity contribution in [3.05, 3.63) is 110 Å². The number of carbonyl (C=O) groups is 1. The van der Waals surface area contributed by atoms with Crippen molar-refractivity contribution < 1.29 is 4.79 Å². The number of carbonyl (C=O) groups excluding carboxylic acids is 1. The summed E-state index contributed by atoms with van der Waals surface area (Å²) < 4.78 is 1.56. The highest BCUT2D eigenvalue weighted by molar-refractivity contribution is 6.36. The quantitative estimate of drug-likeness (QED) is 0.357. The zero-order chi connectivity index (χ0) is 23.1. The minimum absolute atomic E-state index is 0.197. The Morgan fingerprint density at radius 2 is 1.61 bits per heavy atom. The highest BCUT2D eigenvalue weighted by Gasteiger charge is 2.35. The van der Waals surface area contributed by atoms with Gasteiger partial charge in [0.05, 0.1) is 22.0 Å². The average molecular weight is 477 g/mol. The Bertz CT molecular complexity index is 1430. The summed E-state index contributed by atoms with van der Waals surface area (Å²) in [5.74, 6) is 0.0882. The monoisotopic (exact) mass is 476 g/mol. The van der Waals surface area contributed by atoms with E-state index < -0.39 is 0 Å². The fourth-order valence-electron chi connectivity index (χ4n) is 4.52. The Morgan fingerprint density at radius 1 is 0.939 bits per heavy atom. The van der Waals surface area contributed by atoms with Crippen LogP contribution < -0.4 is 10.9 Å². The number of halogens is 2. The van der Waals surface area contributed by atoms with Gasteiger partial charge in [-0.1, -0.05) is 71.7 Å². The second-order valence-corrected chi connectivity index (χ2v) is 9.22. The molecule has 1 atom stereocenters. The van der Waals surface area contributed by atoms with Gasteiger partial charge in [-0.3, -0.25) is 14.2 Å². The van der Waals surface area contributed by atoms with Crippen molar-refractivity contribution in [3.8, 4) is 5.69 Å². The second-order valence-electron chi connectivity index (χ2n) is 8.41. The SMILES string of the molecule is Cc1c(C(=O)N[C@H](c2ccccc2Cl)C2CC2)c2cccc(Cl)c2c(=O)n1-c1ccccc1. The van der Waals surface area contributed by atoms with Crippen molar-refractivity contribution in [2.45, 2.75) is 25.8 Å². The highest BCUT2D eigenvalue weighted by atomic mass is 35.5. The van der Waals surface area contributed by atoms with Gasteiger partial charge in [-0.05, 0) is 55.5 Å². The molecule has 0 aliphatic heterocycles. The molecule has 1 aliphatic rings. The first-order chi connectivity index (χ1) is 16.0. The minimum atomic E-state index is -0.249. The van der Waals surface area contributed by atoms with Gasteiger partial charge in [0.15, 0.2) is 0 Å². The van der Waals surface area contributed by atoms with Crippen LogP contribution in [0.2, 0.25) is 10.0 Å². The number of rotatable bonds is 5. The lowest BCUT2D eigenvalue weighted by molar-refractivity contribution is 0.0932. The Hall–Kier alpha value is -3.08. The van der Waals surface area contributed by atoms with Crippen LogP contribution in [0.3, 0.4) is 0 Å². The molecule has 1 amide bonds. The van der Waals surface area contributed by atoms with Gasteiger partial charge >= 0.3 is 0 Å². The molecular formula is C27H22Cl2N2O2. The van der Waals surface area contributed by atoms with E-state index in [9.17, 15) is 9.59 Å². The lowest BCUT2D eigenvalue weighted by atomic mass is 9.99. The van der Waals surface area contributed by atoms with Crippen LogP contribution in [0.25, 0.3) is 16.5 Å². The Kier molecular flexibility index (Phi) is 5.73. The molecule has 166 valence electrons. The minimum Gasteiger partial charge on any atom is -0.345 e. The van der Waals surface area contributed by atoms with Gasteiger partial charge in [-0.2, -0.15) is 0 Å². The first kappa shape index (κ1) is 21.7. The van der Waals surface area contributed by atoms with E-state index in [1.54, 1.807) is 29.7 Å². The smallest absolute Gasteiger partial charge is 0.264 e. The van der Waals surface area contributed by atoms with E-state index in [1.165, 1.54) is 0 Å². The second kappa shape index (κ2) is 8.69. The number of fused-ring (bicyclic) bond motifs is 1. The van der Waals surface area contributed by atoms with Crippen molar-refractivity contribution in [1.29, 1.82) is 0 Å². The summed E-state index contributed by atoms with van der Waals surface area (Å²) in [5.41, 5.74) is 2.34. The van der Waals surface area contributed by atoms with E-state index in [1.807, 2.05) is 54.6 Å². The van der Waals surface area contributed by atoms with Gasteiger partial charge in [0.25, 0.3) is 11.5 Å². The topological polar surface area (TPSA) is 51.1 Å². The van der Waals surface area contributed by atoms with Gasteiger partial charge < -0.3 is 5.32 Å². The molecule has 1 aromatic heterocycles. The number of hydrogen-bond acceptors (Lipinski definition) is 2. The Labute approximate surface area is 201 Å². The number of para-hydroxylation sites is 1. The maximum atomic E-state index is 13.8. The zero-order valence-corrected chi connectivity index (χ0v) is 19.5. The van der Waals surface area contributed by atoms with Gasteiger partial charge in [0.2, 0.25) is 0 Å². The standard InChI is InChI=1S/C27H22Cl2N2O2/c1-16-23(26(32)30-25(17-14-15-17)19-10-5-6-12-21(19)28)20-11-7-13-22(29)24(20)27(33)31(16)18-8-3-2-4-9-18/h2-13,17,25H,14-15H2,1H3,(H,30,32)/t25-/m0/s1. The van der Waals surface area contributed by atoms with Gasteiger partial charge in [0, 0.05) is 21.8 Å². The molecule has 33 heavy (non-hydrogen) atoms. The number of aromatic nitrogens is 1. The first-order valence-corrected chi connectivity index (χ1v) is 11.7. The summed E-state index contributed by atoms with van der Waals surface area (Å²) in [5, 5.41) is 5.05. The summed E-state index contributed by atoms with van der Waals surface area (Å²) in [6, 6.07) is 21.9. The maximum absolute atomic E-state index is 13.8. The molecule has 1 saturated carbocycles. The van der Waals surface area contributed by atoms with Crippen LogP contribution in [-0.4, -0.2) is 10.5 Å². The van der Waals surface area contributed by atoms with Crippen molar-refractivity contribution in [2.24, 2.45) is 5.92 Å². The third-order valence-electron chi connectivity index (χ3n) is 6.26. The number of hydrogen-bond donors (Lipinski definition) is 1. The van der Waals surface area contributed by atoms with Gasteiger partial charge in [-0.15, -0.1) is 0 Å². The van der Waals surface area contributed by atoms with Gasteiger partial charge in [0.1, 0.15) is 0 Å². The van der Waals surface area contributed by atoms with E-state index in [-0.39, 0.29) is 17.5 Å². The molecule has 1 fully saturated rings. The Morgan fingerprint density at radius 3 is 2.30 bits per heavy atom. The van der Waals surface area contributed by atoms with Crippen molar-refractivity contribution in [2.75, 3.05) is 0 Å². The van der Waals surface area contributed by atoms with E-state index in [2.05, 4.69) is 5.32 Å². The third-order valence-corrected chi connectivity index (χ3v) is 6.92. The molecular weight excluding hydrogens is 455 g/mol. The number of nitrogens with one attached hydrogen (secondary N) is 1. The van der Waals surface area contributed by atoms with E-state index >= 15 is 0 Å². The van der Waals surface area contributed by atoms with Crippen molar-refractivity contribution in [3.63, 3.8) is 0 Å². The molecule has 4 aromatic rings. The summed E-state index contributed by atoms with van der Waals surface area (Å²) in [6.07, 6.45) is 2.07. The largest absolute Gasteiger partial charge is 0.345 e. The van der Waals surface area contributed by atoms with Crippen LogP contribution in [-0.2, 0) is 0 Å². The van der Waals surface area contributed by atoms with Crippen LogP contribution in [0.4, 0.5) is 0 Å². The molecule has 0 bridgehead atoms. The lowest BCUT2D eigenvalue weighted by Gasteiger charge is -2.23. The number of benzene rings is 3. The third kappa shape index (κ3) is 3.94. The van der Waals surface area contributed by atoms with Crippen LogP contribution in [0, 0.1) is 12.8 Å². The highest BCUT2D eigenvalue weighted by Crippen LogP contribution is 2.43. The maximum Gasteiger partial charge on any atom is 0.264 e. The molecule has 6 heteroatoms. The number of pyridine rings is 1.